The van der Waals surface area contributed by atoms with Gasteiger partial charge < -0.3 is 19.8 Å². The number of rotatable bonds is 7. The van der Waals surface area contributed by atoms with Crippen molar-refractivity contribution in [2.75, 3.05) is 6.54 Å². The molecule has 1 saturated heterocycles. The van der Waals surface area contributed by atoms with Gasteiger partial charge in [-0.25, -0.2) is 4.37 Å². The van der Waals surface area contributed by atoms with E-state index >= 15 is 0 Å². The lowest BCUT2D eigenvalue weighted by Gasteiger charge is -2.29. The third kappa shape index (κ3) is 5.31. The average molecular weight is 497 g/mol. The van der Waals surface area contributed by atoms with Crippen molar-refractivity contribution in [3.8, 4) is 10.4 Å². The fourth-order valence-corrected chi connectivity index (χ4v) is 5.39. The number of aryl methyl sites for hydroxylation is 2. The number of hydrogen-bond acceptors (Lipinski definition) is 7. The second-order valence-corrected chi connectivity index (χ2v) is 10.5. The Morgan fingerprint density at radius 2 is 1.91 bits per heavy atom. The first-order chi connectivity index (χ1) is 16.7. The summed E-state index contributed by atoms with van der Waals surface area (Å²) >= 11 is 1.46. The number of aliphatic hydroxyl groups is 1. The van der Waals surface area contributed by atoms with E-state index < -0.39 is 18.1 Å². The zero-order chi connectivity index (χ0) is 25.3. The molecule has 1 aliphatic rings. The number of benzene rings is 1. The molecule has 2 amide bonds. The van der Waals surface area contributed by atoms with Gasteiger partial charge in [-0.3, -0.25) is 9.59 Å². The lowest BCUT2D eigenvalue weighted by atomic mass is 9.91. The van der Waals surface area contributed by atoms with Gasteiger partial charge in [0, 0.05) is 25.2 Å². The van der Waals surface area contributed by atoms with E-state index in [1.54, 1.807) is 13.0 Å². The highest BCUT2D eigenvalue weighted by Gasteiger charge is 2.43. The number of carbonyl (C=O) groups is 2. The van der Waals surface area contributed by atoms with E-state index in [1.165, 1.54) is 16.4 Å². The third-order valence-electron chi connectivity index (χ3n) is 6.53. The molecule has 2 N–H and O–H groups in total. The minimum absolute atomic E-state index is 0.0593. The van der Waals surface area contributed by atoms with E-state index in [0.717, 1.165) is 21.6 Å². The Labute approximate surface area is 209 Å². The molecule has 0 aliphatic carbocycles. The summed E-state index contributed by atoms with van der Waals surface area (Å²) in [6.45, 7) is 9.73. The Morgan fingerprint density at radius 1 is 1.20 bits per heavy atom. The average Bonchev–Trinajstić information content (AvgIpc) is 3.53. The number of nitrogens with zero attached hydrogens (tertiary/aromatic N) is 3. The molecule has 0 bridgehead atoms. The van der Waals surface area contributed by atoms with E-state index in [-0.39, 0.29) is 36.7 Å². The summed E-state index contributed by atoms with van der Waals surface area (Å²) in [5, 5.41) is 17.3. The maximum absolute atomic E-state index is 13.5. The summed E-state index contributed by atoms with van der Waals surface area (Å²) < 4.78 is 9.63. The van der Waals surface area contributed by atoms with Crippen LogP contribution in [-0.4, -0.2) is 50.0 Å². The molecule has 3 heterocycles. The molecule has 2 aromatic heterocycles. The highest BCUT2D eigenvalue weighted by Crippen LogP contribution is 2.32. The van der Waals surface area contributed by atoms with Gasteiger partial charge in [0.2, 0.25) is 11.8 Å². The largest absolute Gasteiger partial charge is 0.391 e. The topological polar surface area (TPSA) is 109 Å². The lowest BCUT2D eigenvalue weighted by molar-refractivity contribution is -0.141. The summed E-state index contributed by atoms with van der Waals surface area (Å²) in [5.41, 5.74) is 3.87. The molecule has 0 radical (unpaired) electrons. The van der Waals surface area contributed by atoms with Crippen LogP contribution in [0.5, 0.6) is 0 Å². The Morgan fingerprint density at radius 3 is 2.49 bits per heavy atom. The summed E-state index contributed by atoms with van der Waals surface area (Å²) in [6, 6.07) is 8.79. The van der Waals surface area contributed by atoms with Gasteiger partial charge >= 0.3 is 0 Å². The summed E-state index contributed by atoms with van der Waals surface area (Å²) in [7, 11) is 0. The summed E-state index contributed by atoms with van der Waals surface area (Å²) in [5.74, 6) is -0.661. The van der Waals surface area contributed by atoms with Crippen LogP contribution in [0.15, 0.2) is 41.1 Å². The Bertz CT molecular complexity index is 1190. The molecule has 1 aromatic carbocycles. The first-order valence-electron chi connectivity index (χ1n) is 11.9. The van der Waals surface area contributed by atoms with Crippen molar-refractivity contribution in [2.24, 2.45) is 5.92 Å². The number of nitrogens with one attached hydrogen (secondary N) is 1. The molecule has 35 heavy (non-hydrogen) atoms. The first-order valence-corrected chi connectivity index (χ1v) is 12.7. The van der Waals surface area contributed by atoms with Crippen LogP contribution in [0.2, 0.25) is 0 Å². The zero-order valence-corrected chi connectivity index (χ0v) is 21.5. The van der Waals surface area contributed by atoms with Crippen molar-refractivity contribution in [1.29, 1.82) is 0 Å². The fourth-order valence-electron chi connectivity index (χ4n) is 4.63. The number of β-amino-alcohol motifs (C(OH)–C–C–N with tert-alkyl or cyclic N) is 1. The minimum atomic E-state index is -0.754. The smallest absolute Gasteiger partial charge is 0.243 e. The minimum Gasteiger partial charge on any atom is -0.391 e. The van der Waals surface area contributed by atoms with Crippen LogP contribution in [0.3, 0.4) is 0 Å². The first kappa shape index (κ1) is 25.1. The molecule has 0 spiro atoms. The molecule has 1 unspecified atom stereocenters. The number of amides is 2. The molecular weight excluding hydrogens is 464 g/mol. The van der Waals surface area contributed by atoms with Crippen LogP contribution >= 0.6 is 11.5 Å². The second kappa shape index (κ2) is 10.3. The maximum atomic E-state index is 13.5. The highest BCUT2D eigenvalue weighted by atomic mass is 32.1. The quantitative estimate of drug-likeness (QED) is 0.512. The number of hydrogen-bond donors (Lipinski definition) is 2. The normalized spacial score (nSPS) is 19.7. The van der Waals surface area contributed by atoms with E-state index in [4.69, 9.17) is 4.52 Å². The molecule has 8 nitrogen and oxygen atoms in total. The number of carbonyl (C=O) groups excluding carboxylic acids is 2. The second-order valence-electron chi connectivity index (χ2n) is 9.68. The van der Waals surface area contributed by atoms with Crippen molar-refractivity contribution in [3.63, 3.8) is 0 Å². The monoisotopic (exact) mass is 496 g/mol. The van der Waals surface area contributed by atoms with Crippen LogP contribution in [0.25, 0.3) is 10.4 Å². The molecule has 1 aliphatic heterocycles. The van der Waals surface area contributed by atoms with Gasteiger partial charge in [0.1, 0.15) is 17.7 Å². The van der Waals surface area contributed by atoms with Gasteiger partial charge in [-0.2, -0.15) is 0 Å². The molecule has 0 saturated carbocycles. The molecule has 186 valence electrons. The van der Waals surface area contributed by atoms with Crippen molar-refractivity contribution in [2.45, 2.75) is 65.1 Å². The molecular formula is C26H32N4O4S. The SMILES string of the molecule is Cc1cc(C(C(=O)N2C[C@H](O)C[C@H]2C(=O)N[C@@H](C)c2ccc(-c3sncc3C)cc2)C(C)C)on1. The van der Waals surface area contributed by atoms with Gasteiger partial charge in [0.25, 0.3) is 0 Å². The standard InChI is InChI=1S/C26H32N4O4S/c1-14(2)23(22-10-16(4)29-34-22)26(33)30-13-20(31)11-21(30)25(32)28-17(5)18-6-8-19(9-7-18)24-15(3)12-27-35-24/h6-10,12,14,17,20-21,23,31H,11,13H2,1-5H3,(H,28,32)/t17-,20+,21-,23?/m0/s1. The van der Waals surface area contributed by atoms with Gasteiger partial charge in [-0.05, 0) is 54.9 Å². The molecule has 9 heteroatoms. The zero-order valence-electron chi connectivity index (χ0n) is 20.7. The maximum Gasteiger partial charge on any atom is 0.243 e. The summed E-state index contributed by atoms with van der Waals surface area (Å²) in [4.78, 5) is 29.4. The Balaban J connectivity index is 1.47. The third-order valence-corrected chi connectivity index (χ3v) is 7.48. The van der Waals surface area contributed by atoms with Gasteiger partial charge in [-0.1, -0.05) is 43.3 Å². The van der Waals surface area contributed by atoms with Crippen LogP contribution < -0.4 is 5.32 Å². The Kier molecular flexibility index (Phi) is 7.37. The lowest BCUT2D eigenvalue weighted by Crippen LogP contribution is -2.48. The van der Waals surface area contributed by atoms with E-state index in [1.807, 2.05) is 58.2 Å². The van der Waals surface area contributed by atoms with Crippen LogP contribution in [0, 0.1) is 19.8 Å². The number of aromatic nitrogens is 2. The highest BCUT2D eigenvalue weighted by molar-refractivity contribution is 7.09. The molecule has 4 atom stereocenters. The van der Waals surface area contributed by atoms with E-state index in [2.05, 4.69) is 14.8 Å². The van der Waals surface area contributed by atoms with E-state index in [9.17, 15) is 14.7 Å². The fraction of sp³-hybridized carbons (Fsp3) is 0.462. The molecule has 3 aromatic rings. The molecule has 1 fully saturated rings. The predicted octanol–water partition coefficient (Wildman–Crippen LogP) is 3.99. The predicted molar refractivity (Wildman–Crippen MR) is 134 cm³/mol. The van der Waals surface area contributed by atoms with Crippen molar-refractivity contribution >= 4 is 23.3 Å². The van der Waals surface area contributed by atoms with Crippen molar-refractivity contribution in [3.05, 3.63) is 59.1 Å². The van der Waals surface area contributed by atoms with Gasteiger partial charge in [0.15, 0.2) is 0 Å². The van der Waals surface area contributed by atoms with Gasteiger partial charge in [0.05, 0.1) is 22.7 Å². The van der Waals surface area contributed by atoms with Gasteiger partial charge in [-0.15, -0.1) is 0 Å². The van der Waals surface area contributed by atoms with E-state index in [0.29, 0.717) is 11.5 Å². The number of likely N-dealkylation sites (tertiary alicyclic amines) is 1. The van der Waals surface area contributed by atoms with Crippen molar-refractivity contribution < 1.29 is 19.2 Å². The van der Waals surface area contributed by atoms with Crippen LogP contribution in [-0.2, 0) is 9.59 Å². The van der Waals surface area contributed by atoms with Crippen LogP contribution in [0.1, 0.15) is 61.7 Å². The molecule has 4 rings (SSSR count). The Hall–Kier alpha value is -3.04. The number of aliphatic hydroxyl groups excluding tert-OH is 1. The van der Waals surface area contributed by atoms with Crippen molar-refractivity contribution in [1.82, 2.24) is 19.7 Å². The summed E-state index contributed by atoms with van der Waals surface area (Å²) in [6.07, 6.45) is 1.30. The van der Waals surface area contributed by atoms with Crippen LogP contribution in [0.4, 0.5) is 0 Å².